The van der Waals surface area contributed by atoms with Gasteiger partial charge in [0.15, 0.2) is 0 Å². The number of barbiturate groups is 1. The van der Waals surface area contributed by atoms with Crippen LogP contribution in [0.2, 0.25) is 0 Å². The largest absolute Gasteiger partial charge is 0.440 e. The molecule has 0 atom stereocenters. The number of fused-ring (bicyclic) bond motifs is 2. The van der Waals surface area contributed by atoms with Crippen LogP contribution in [0.1, 0.15) is 30.7 Å². The topological polar surface area (TPSA) is 74.1 Å². The van der Waals surface area contributed by atoms with Gasteiger partial charge >= 0.3 is 6.03 Å². The van der Waals surface area contributed by atoms with Crippen LogP contribution in [0.15, 0.2) is 101 Å². The Hall–Kier alpha value is -4.91. The summed E-state index contributed by atoms with van der Waals surface area (Å²) in [5.74, 6) is -0.502. The Morgan fingerprint density at radius 2 is 1.26 bits per heavy atom. The Labute approximate surface area is 220 Å². The molecule has 38 heavy (non-hydrogen) atoms. The molecule has 2 aliphatic rings. The molecule has 1 saturated heterocycles. The summed E-state index contributed by atoms with van der Waals surface area (Å²) in [5.41, 5.74) is 4.33. The van der Waals surface area contributed by atoms with Crippen molar-refractivity contribution in [2.24, 2.45) is 0 Å². The molecule has 3 aromatic carbocycles. The third-order valence-corrected chi connectivity index (χ3v) is 7.22. The van der Waals surface area contributed by atoms with Gasteiger partial charge in [0.1, 0.15) is 11.3 Å². The Morgan fingerprint density at radius 3 is 1.89 bits per heavy atom. The summed E-state index contributed by atoms with van der Waals surface area (Å²) in [6.07, 6.45) is 1.40. The number of likely N-dealkylation sites (N-methyl/N-ethyl adjacent to an activating group) is 1. The van der Waals surface area contributed by atoms with Crippen molar-refractivity contribution in [2.45, 2.75) is 19.3 Å². The second-order valence-electron chi connectivity index (χ2n) is 9.85. The molecule has 0 radical (unpaired) electrons. The average Bonchev–Trinajstić information content (AvgIpc) is 3.39. The maximum atomic E-state index is 13.3. The van der Waals surface area contributed by atoms with Crippen molar-refractivity contribution in [2.75, 3.05) is 16.8 Å². The van der Waals surface area contributed by atoms with Crippen LogP contribution in [-0.2, 0) is 15.0 Å². The summed E-state index contributed by atoms with van der Waals surface area (Å²) in [5, 5.41) is 0. The zero-order valence-electron chi connectivity index (χ0n) is 21.2. The first-order chi connectivity index (χ1) is 18.3. The minimum Gasteiger partial charge on any atom is -0.440 e. The summed E-state index contributed by atoms with van der Waals surface area (Å²) in [6, 6.07) is 27.8. The Bertz CT molecular complexity index is 1580. The maximum Gasteiger partial charge on any atom is 0.338 e. The third kappa shape index (κ3) is 3.47. The maximum absolute atomic E-state index is 13.3. The minimum atomic E-state index is -0.701. The molecule has 0 saturated carbocycles. The quantitative estimate of drug-likeness (QED) is 0.239. The lowest BCUT2D eigenvalue weighted by Crippen LogP contribution is -2.55. The molecule has 7 nitrogen and oxygen atoms in total. The molecule has 7 heteroatoms. The zero-order chi connectivity index (χ0) is 26.6. The minimum absolute atomic E-state index is 0.155. The molecule has 3 heterocycles. The predicted molar refractivity (Wildman–Crippen MR) is 146 cm³/mol. The summed E-state index contributed by atoms with van der Waals surface area (Å²) in [6.45, 7) is 4.41. The van der Waals surface area contributed by atoms with Gasteiger partial charge in [-0.2, -0.15) is 0 Å². The fraction of sp³-hybridized carbons (Fsp3) is 0.129. The van der Waals surface area contributed by atoms with E-state index in [1.165, 1.54) is 13.1 Å². The lowest BCUT2D eigenvalue weighted by molar-refractivity contribution is -0.128. The van der Waals surface area contributed by atoms with Crippen LogP contribution in [0.5, 0.6) is 0 Å². The van der Waals surface area contributed by atoms with E-state index in [9.17, 15) is 14.4 Å². The van der Waals surface area contributed by atoms with Crippen molar-refractivity contribution in [3.8, 4) is 0 Å². The molecule has 2 aliphatic heterocycles. The summed E-state index contributed by atoms with van der Waals surface area (Å²) in [4.78, 5) is 43.1. The van der Waals surface area contributed by atoms with Crippen LogP contribution in [0, 0.1) is 0 Å². The number of carbonyl (C=O) groups excluding carboxylic acids is 3. The number of benzene rings is 3. The first-order valence-electron chi connectivity index (χ1n) is 12.3. The SMILES string of the molecule is CN1C(=O)/C(=C\c2ccc(N3c4ccccc4C(C)(C)c4ccccc43)o2)C(=O)N(c2ccccc2)C1=O. The molecule has 0 spiro atoms. The van der Waals surface area contributed by atoms with Gasteiger partial charge in [-0.3, -0.25) is 19.4 Å². The van der Waals surface area contributed by atoms with E-state index in [4.69, 9.17) is 4.42 Å². The Kier molecular flexibility index (Phi) is 5.31. The smallest absolute Gasteiger partial charge is 0.338 e. The van der Waals surface area contributed by atoms with Crippen LogP contribution in [0.25, 0.3) is 6.08 Å². The van der Waals surface area contributed by atoms with Crippen LogP contribution >= 0.6 is 0 Å². The highest BCUT2D eigenvalue weighted by atomic mass is 16.4. The monoisotopic (exact) mass is 503 g/mol. The lowest BCUT2D eigenvalue weighted by atomic mass is 9.74. The first-order valence-corrected chi connectivity index (χ1v) is 12.3. The highest BCUT2D eigenvalue weighted by Gasteiger charge is 2.41. The number of para-hydroxylation sites is 3. The van der Waals surface area contributed by atoms with Gasteiger partial charge in [-0.1, -0.05) is 68.4 Å². The number of imide groups is 2. The lowest BCUT2D eigenvalue weighted by Gasteiger charge is -2.40. The van der Waals surface area contributed by atoms with Crippen LogP contribution in [0.3, 0.4) is 0 Å². The Morgan fingerprint density at radius 1 is 0.684 bits per heavy atom. The molecule has 0 aliphatic carbocycles. The third-order valence-electron chi connectivity index (χ3n) is 7.22. The van der Waals surface area contributed by atoms with E-state index in [-0.39, 0.29) is 11.0 Å². The molecule has 0 bridgehead atoms. The summed E-state index contributed by atoms with van der Waals surface area (Å²) < 4.78 is 6.23. The first kappa shape index (κ1) is 23.5. The van der Waals surface area contributed by atoms with Gasteiger partial charge in [-0.05, 0) is 47.5 Å². The van der Waals surface area contributed by atoms with Crippen LogP contribution in [0.4, 0.5) is 27.7 Å². The second-order valence-corrected chi connectivity index (χ2v) is 9.85. The molecule has 188 valence electrons. The molecule has 4 aromatic rings. The number of rotatable bonds is 3. The van der Waals surface area contributed by atoms with Crippen molar-refractivity contribution in [1.29, 1.82) is 0 Å². The molecular weight excluding hydrogens is 478 g/mol. The standard InChI is InChI=1S/C31H25N3O4/c1-31(2)23-13-7-9-15-25(23)34(26-16-10-8-14-24(26)31)27-18-17-21(38-27)19-22-28(35)32(3)30(37)33(29(22)36)20-11-5-4-6-12-20/h4-19H,1-3H3/b22-19+. The van der Waals surface area contributed by atoms with E-state index in [1.54, 1.807) is 36.4 Å². The fourth-order valence-corrected chi connectivity index (χ4v) is 5.23. The van der Waals surface area contributed by atoms with Gasteiger partial charge in [0, 0.05) is 18.5 Å². The molecular formula is C31H25N3O4. The Balaban J connectivity index is 1.42. The van der Waals surface area contributed by atoms with Gasteiger partial charge < -0.3 is 4.42 Å². The van der Waals surface area contributed by atoms with Crippen molar-refractivity contribution in [3.63, 3.8) is 0 Å². The number of urea groups is 1. The van der Waals surface area contributed by atoms with Crippen molar-refractivity contribution in [3.05, 3.63) is 113 Å². The molecule has 4 amide bonds. The van der Waals surface area contributed by atoms with Crippen LogP contribution in [-0.4, -0.2) is 29.8 Å². The van der Waals surface area contributed by atoms with Gasteiger partial charge in [0.2, 0.25) is 5.88 Å². The average molecular weight is 504 g/mol. The summed E-state index contributed by atoms with van der Waals surface area (Å²) >= 11 is 0. The van der Waals surface area contributed by atoms with Gasteiger partial charge in [-0.15, -0.1) is 0 Å². The second kappa shape index (κ2) is 8.59. The predicted octanol–water partition coefficient (Wildman–Crippen LogP) is 6.40. The normalized spacial score (nSPS) is 17.6. The van der Waals surface area contributed by atoms with E-state index in [2.05, 4.69) is 38.1 Å². The molecule has 0 unspecified atom stereocenters. The van der Waals surface area contributed by atoms with E-state index in [1.807, 2.05) is 35.2 Å². The van der Waals surface area contributed by atoms with E-state index < -0.39 is 17.8 Å². The molecule has 1 aromatic heterocycles. The fourth-order valence-electron chi connectivity index (χ4n) is 5.23. The number of anilines is 4. The van der Waals surface area contributed by atoms with Gasteiger partial charge in [0.05, 0.1) is 17.1 Å². The van der Waals surface area contributed by atoms with E-state index in [0.29, 0.717) is 17.3 Å². The number of carbonyl (C=O) groups is 3. The van der Waals surface area contributed by atoms with Gasteiger partial charge in [0.25, 0.3) is 11.8 Å². The number of nitrogens with zero attached hydrogens (tertiary/aromatic N) is 3. The van der Waals surface area contributed by atoms with Gasteiger partial charge in [-0.25, -0.2) is 9.69 Å². The van der Waals surface area contributed by atoms with Crippen LogP contribution < -0.4 is 9.80 Å². The number of furan rings is 1. The van der Waals surface area contributed by atoms with Crippen molar-refractivity contribution >= 4 is 46.9 Å². The zero-order valence-corrected chi connectivity index (χ0v) is 21.2. The van der Waals surface area contributed by atoms with E-state index >= 15 is 0 Å². The molecule has 1 fully saturated rings. The molecule has 6 rings (SSSR count). The number of hydrogen-bond acceptors (Lipinski definition) is 5. The highest BCUT2D eigenvalue weighted by molar-refractivity contribution is 6.38. The number of amides is 4. The molecule has 0 N–H and O–H groups in total. The number of hydrogen-bond donors (Lipinski definition) is 0. The highest BCUT2D eigenvalue weighted by Crippen LogP contribution is 2.51. The van der Waals surface area contributed by atoms with Crippen molar-refractivity contribution in [1.82, 2.24) is 4.90 Å². The summed E-state index contributed by atoms with van der Waals surface area (Å²) in [7, 11) is 1.36. The van der Waals surface area contributed by atoms with Crippen molar-refractivity contribution < 1.29 is 18.8 Å². The van der Waals surface area contributed by atoms with E-state index in [0.717, 1.165) is 32.3 Å².